The minimum absolute atomic E-state index is 0.204. The summed E-state index contributed by atoms with van der Waals surface area (Å²) in [5.41, 5.74) is 7.02. The Bertz CT molecular complexity index is 251. The van der Waals surface area contributed by atoms with E-state index in [4.69, 9.17) is 5.73 Å². The summed E-state index contributed by atoms with van der Waals surface area (Å²) in [4.78, 5) is 4.42. The molecular weight excluding hydrogens is 168 g/mol. The van der Waals surface area contributed by atoms with Crippen LogP contribution in [0.25, 0.3) is 0 Å². The second kappa shape index (κ2) is 3.54. The van der Waals surface area contributed by atoms with Crippen LogP contribution in [0.4, 0.5) is 0 Å². The second-order valence-corrected chi connectivity index (χ2v) is 4.18. The van der Waals surface area contributed by atoms with E-state index in [0.717, 1.165) is 23.5 Å². The largest absolute Gasteiger partial charge is 0.320 e. The number of nitrogens with zero attached hydrogens (tertiary/aromatic N) is 1. The molecule has 0 aliphatic carbocycles. The first-order chi connectivity index (χ1) is 5.62. The molecule has 2 nitrogen and oxygen atoms in total. The van der Waals surface area contributed by atoms with Gasteiger partial charge >= 0.3 is 0 Å². The highest BCUT2D eigenvalue weighted by atomic mass is 32.1. The van der Waals surface area contributed by atoms with Gasteiger partial charge in [-0.25, -0.2) is 4.98 Å². The molecule has 0 radical (unpaired) electrons. The quantitative estimate of drug-likeness (QED) is 0.783. The summed E-state index contributed by atoms with van der Waals surface area (Å²) in [6, 6.07) is 0. The van der Waals surface area contributed by atoms with E-state index in [9.17, 15) is 0 Å². The Kier molecular flexibility index (Phi) is 2.85. The van der Waals surface area contributed by atoms with E-state index in [2.05, 4.69) is 24.2 Å². The van der Waals surface area contributed by atoms with Crippen LogP contribution in [0.5, 0.6) is 0 Å². The molecule has 0 spiro atoms. The summed E-state index contributed by atoms with van der Waals surface area (Å²) in [7, 11) is 0. The molecule has 0 fully saturated rings. The second-order valence-electron chi connectivity index (χ2n) is 3.12. The van der Waals surface area contributed by atoms with Gasteiger partial charge in [0.15, 0.2) is 0 Å². The maximum atomic E-state index is 6.18. The van der Waals surface area contributed by atoms with Crippen LogP contribution in [0.1, 0.15) is 37.4 Å². The van der Waals surface area contributed by atoms with Crippen molar-refractivity contribution in [1.82, 2.24) is 4.98 Å². The first-order valence-corrected chi connectivity index (χ1v) is 5.22. The molecule has 0 aliphatic heterocycles. The molecule has 3 heteroatoms. The first-order valence-electron chi connectivity index (χ1n) is 4.34. The van der Waals surface area contributed by atoms with Gasteiger partial charge in [0.2, 0.25) is 0 Å². The average Bonchev–Trinajstić information content (AvgIpc) is 2.51. The fourth-order valence-electron chi connectivity index (χ4n) is 1.20. The van der Waals surface area contributed by atoms with Crippen molar-refractivity contribution in [2.24, 2.45) is 5.73 Å². The molecule has 1 aromatic heterocycles. The SMILES string of the molecule is CCC(N)(CC)c1csc(C)n1. The molecule has 0 atom stereocenters. The first kappa shape index (κ1) is 9.68. The normalized spacial score (nSPS) is 12.0. The van der Waals surface area contributed by atoms with Crippen molar-refractivity contribution < 1.29 is 0 Å². The molecule has 1 rings (SSSR count). The van der Waals surface area contributed by atoms with Gasteiger partial charge < -0.3 is 5.73 Å². The van der Waals surface area contributed by atoms with Crippen LogP contribution >= 0.6 is 11.3 Å². The number of aromatic nitrogens is 1. The lowest BCUT2D eigenvalue weighted by Crippen LogP contribution is -2.35. The molecule has 1 heterocycles. The summed E-state index contributed by atoms with van der Waals surface area (Å²) in [5.74, 6) is 0. The zero-order valence-electron chi connectivity index (χ0n) is 7.92. The van der Waals surface area contributed by atoms with Crippen molar-refractivity contribution in [1.29, 1.82) is 0 Å². The van der Waals surface area contributed by atoms with Crippen LogP contribution in [0.15, 0.2) is 5.38 Å². The summed E-state index contributed by atoms with van der Waals surface area (Å²) >= 11 is 1.67. The Balaban J connectivity index is 2.94. The van der Waals surface area contributed by atoms with Gasteiger partial charge in [0.1, 0.15) is 0 Å². The fraction of sp³-hybridized carbons (Fsp3) is 0.667. The third-order valence-electron chi connectivity index (χ3n) is 2.39. The van der Waals surface area contributed by atoms with Crippen molar-refractivity contribution in [2.75, 3.05) is 0 Å². The van der Waals surface area contributed by atoms with E-state index in [1.165, 1.54) is 0 Å². The maximum absolute atomic E-state index is 6.18. The van der Waals surface area contributed by atoms with Gasteiger partial charge in [-0.1, -0.05) is 13.8 Å². The highest BCUT2D eigenvalue weighted by molar-refractivity contribution is 7.09. The lowest BCUT2D eigenvalue weighted by molar-refractivity contribution is 0.402. The number of nitrogens with two attached hydrogens (primary N) is 1. The van der Waals surface area contributed by atoms with Crippen LogP contribution in [0.2, 0.25) is 0 Å². The zero-order chi connectivity index (χ0) is 9.19. The molecule has 12 heavy (non-hydrogen) atoms. The van der Waals surface area contributed by atoms with Crippen LogP contribution in [0.3, 0.4) is 0 Å². The predicted octanol–water partition coefficient (Wildman–Crippen LogP) is 2.43. The Morgan fingerprint density at radius 2 is 2.08 bits per heavy atom. The zero-order valence-corrected chi connectivity index (χ0v) is 8.74. The number of hydrogen-bond acceptors (Lipinski definition) is 3. The van der Waals surface area contributed by atoms with E-state index in [1.807, 2.05) is 6.92 Å². The van der Waals surface area contributed by atoms with Crippen molar-refractivity contribution in [2.45, 2.75) is 39.2 Å². The van der Waals surface area contributed by atoms with Crippen molar-refractivity contribution in [3.05, 3.63) is 16.1 Å². The minimum Gasteiger partial charge on any atom is -0.320 e. The van der Waals surface area contributed by atoms with E-state index < -0.39 is 0 Å². The van der Waals surface area contributed by atoms with Crippen LogP contribution in [-0.4, -0.2) is 4.98 Å². The molecule has 0 aromatic carbocycles. The molecule has 0 unspecified atom stereocenters. The highest BCUT2D eigenvalue weighted by Crippen LogP contribution is 2.26. The Morgan fingerprint density at radius 1 is 1.50 bits per heavy atom. The molecule has 0 saturated heterocycles. The lowest BCUT2D eigenvalue weighted by atomic mass is 9.91. The van der Waals surface area contributed by atoms with E-state index in [0.29, 0.717) is 0 Å². The van der Waals surface area contributed by atoms with Gasteiger partial charge in [0.05, 0.1) is 16.2 Å². The van der Waals surface area contributed by atoms with Crippen LogP contribution in [0, 0.1) is 6.92 Å². The third kappa shape index (κ3) is 1.67. The highest BCUT2D eigenvalue weighted by Gasteiger charge is 2.25. The van der Waals surface area contributed by atoms with E-state index in [-0.39, 0.29) is 5.54 Å². The number of thiazole rings is 1. The van der Waals surface area contributed by atoms with Gasteiger partial charge in [0, 0.05) is 5.38 Å². The topological polar surface area (TPSA) is 38.9 Å². The smallest absolute Gasteiger partial charge is 0.0898 e. The minimum atomic E-state index is -0.204. The summed E-state index contributed by atoms with van der Waals surface area (Å²) in [6.07, 6.45) is 1.90. The van der Waals surface area contributed by atoms with Gasteiger partial charge in [-0.05, 0) is 19.8 Å². The van der Waals surface area contributed by atoms with Crippen LogP contribution < -0.4 is 5.73 Å². The number of rotatable bonds is 3. The lowest BCUT2D eigenvalue weighted by Gasteiger charge is -2.24. The predicted molar refractivity (Wildman–Crippen MR) is 53.3 cm³/mol. The Labute approximate surface area is 77.8 Å². The van der Waals surface area contributed by atoms with E-state index in [1.54, 1.807) is 11.3 Å². The molecule has 0 bridgehead atoms. The Hall–Kier alpha value is -0.410. The molecule has 2 N–H and O–H groups in total. The van der Waals surface area contributed by atoms with Crippen molar-refractivity contribution in [3.63, 3.8) is 0 Å². The summed E-state index contributed by atoms with van der Waals surface area (Å²) < 4.78 is 0. The molecule has 0 amide bonds. The van der Waals surface area contributed by atoms with Gasteiger partial charge in [0.25, 0.3) is 0 Å². The van der Waals surface area contributed by atoms with Gasteiger partial charge in [-0.15, -0.1) is 11.3 Å². The molecule has 0 aliphatic rings. The number of hydrogen-bond donors (Lipinski definition) is 1. The fourth-order valence-corrected chi connectivity index (χ4v) is 1.92. The molecule has 0 saturated carbocycles. The molecule has 1 aromatic rings. The maximum Gasteiger partial charge on any atom is 0.0898 e. The van der Waals surface area contributed by atoms with Gasteiger partial charge in [-0.3, -0.25) is 0 Å². The van der Waals surface area contributed by atoms with Crippen LogP contribution in [-0.2, 0) is 5.54 Å². The summed E-state index contributed by atoms with van der Waals surface area (Å²) in [6.45, 7) is 6.23. The molecule has 68 valence electrons. The monoisotopic (exact) mass is 184 g/mol. The van der Waals surface area contributed by atoms with Crippen molar-refractivity contribution >= 4 is 11.3 Å². The Morgan fingerprint density at radius 3 is 2.42 bits per heavy atom. The van der Waals surface area contributed by atoms with Crippen molar-refractivity contribution in [3.8, 4) is 0 Å². The summed E-state index contributed by atoms with van der Waals surface area (Å²) in [5, 5.41) is 3.17. The van der Waals surface area contributed by atoms with Gasteiger partial charge in [-0.2, -0.15) is 0 Å². The standard InChI is InChI=1S/C9H16N2S/c1-4-9(10,5-2)8-6-12-7(3)11-8/h6H,4-5,10H2,1-3H3. The molecular formula is C9H16N2S. The number of aryl methyl sites for hydroxylation is 1. The van der Waals surface area contributed by atoms with E-state index >= 15 is 0 Å². The average molecular weight is 184 g/mol. The third-order valence-corrected chi connectivity index (χ3v) is 3.16.